The zero-order chi connectivity index (χ0) is 28.9. The maximum absolute atomic E-state index is 13.8. The lowest BCUT2D eigenvalue weighted by atomic mass is 10.0. The number of ether oxygens (including phenoxy) is 1. The van der Waals surface area contributed by atoms with E-state index in [0.717, 1.165) is 5.56 Å². The standard InChI is InChI=1S/C30H31N4O6/c1-40-24-14-12-21(13-15-24)16-25(33-28(37)17-27(31)36)30(39)34(19-23-10-6-3-7-11-23)20-26(35)29(38)32-18-22-8-4-2-5-9-22/h2-15,17,25H,16,18-20H2,1H3,(H2,31,36)(H,32,38)(H,33,37)/t25-/m0/s1. The van der Waals surface area contributed by atoms with Crippen molar-refractivity contribution in [1.82, 2.24) is 15.5 Å². The highest BCUT2D eigenvalue weighted by Gasteiger charge is 2.30. The van der Waals surface area contributed by atoms with Crippen molar-refractivity contribution >= 4 is 29.4 Å². The highest BCUT2D eigenvalue weighted by molar-refractivity contribution is 6.37. The summed E-state index contributed by atoms with van der Waals surface area (Å²) in [5, 5.41) is 5.09. The lowest BCUT2D eigenvalue weighted by Gasteiger charge is -2.27. The van der Waals surface area contributed by atoms with E-state index in [1.807, 2.05) is 36.4 Å². The lowest BCUT2D eigenvalue weighted by Crippen LogP contribution is -2.52. The van der Waals surface area contributed by atoms with Gasteiger partial charge in [-0.2, -0.15) is 0 Å². The van der Waals surface area contributed by atoms with Crippen molar-refractivity contribution in [1.29, 1.82) is 0 Å². The molecule has 4 N–H and O–H groups in total. The summed E-state index contributed by atoms with van der Waals surface area (Å²) < 4.78 is 5.17. The number of nitrogens with two attached hydrogens (primary N) is 1. The first-order chi connectivity index (χ1) is 19.2. The fourth-order valence-electron chi connectivity index (χ4n) is 3.90. The number of primary amides is 1. The van der Waals surface area contributed by atoms with Gasteiger partial charge in [-0.15, -0.1) is 0 Å². The number of amides is 4. The van der Waals surface area contributed by atoms with E-state index < -0.39 is 42.0 Å². The first kappa shape index (κ1) is 29.6. The molecule has 0 aromatic heterocycles. The van der Waals surface area contributed by atoms with Crippen molar-refractivity contribution in [2.75, 3.05) is 13.7 Å². The van der Waals surface area contributed by atoms with Crippen molar-refractivity contribution in [2.24, 2.45) is 5.73 Å². The zero-order valence-corrected chi connectivity index (χ0v) is 22.0. The second-order valence-corrected chi connectivity index (χ2v) is 8.93. The molecule has 0 saturated carbocycles. The third-order valence-electron chi connectivity index (χ3n) is 5.90. The zero-order valence-electron chi connectivity index (χ0n) is 22.0. The maximum Gasteiger partial charge on any atom is 0.289 e. The molecule has 207 valence electrons. The highest BCUT2D eigenvalue weighted by atomic mass is 16.5. The van der Waals surface area contributed by atoms with Gasteiger partial charge in [-0.05, 0) is 28.8 Å². The van der Waals surface area contributed by atoms with Gasteiger partial charge in [0.15, 0.2) is 0 Å². The van der Waals surface area contributed by atoms with E-state index >= 15 is 0 Å². The molecule has 3 rings (SSSR count). The molecule has 4 amide bonds. The second kappa shape index (κ2) is 14.8. The van der Waals surface area contributed by atoms with Crippen LogP contribution in [-0.2, 0) is 43.5 Å². The summed E-state index contributed by atoms with van der Waals surface area (Å²) in [6.45, 7) is -0.369. The Morgan fingerprint density at radius 2 is 1.45 bits per heavy atom. The summed E-state index contributed by atoms with van der Waals surface area (Å²) in [7, 11) is 1.52. The average Bonchev–Trinajstić information content (AvgIpc) is 2.95. The molecule has 1 radical (unpaired) electrons. The van der Waals surface area contributed by atoms with Crippen molar-refractivity contribution in [3.8, 4) is 5.75 Å². The smallest absolute Gasteiger partial charge is 0.289 e. The maximum atomic E-state index is 13.8. The Balaban J connectivity index is 1.82. The Bertz CT molecular complexity index is 1310. The number of hydrogen-bond donors (Lipinski definition) is 3. The molecule has 3 aromatic rings. The summed E-state index contributed by atoms with van der Waals surface area (Å²) in [6, 6.07) is 23.7. The number of benzene rings is 3. The van der Waals surface area contributed by atoms with Gasteiger partial charge in [-0.25, -0.2) is 0 Å². The summed E-state index contributed by atoms with van der Waals surface area (Å²) in [6.07, 6.45) is 0.679. The van der Waals surface area contributed by atoms with Crippen molar-refractivity contribution in [3.05, 3.63) is 108 Å². The summed E-state index contributed by atoms with van der Waals surface area (Å²) >= 11 is 0. The van der Waals surface area contributed by atoms with Gasteiger partial charge in [0.25, 0.3) is 5.91 Å². The predicted molar refractivity (Wildman–Crippen MR) is 147 cm³/mol. The number of rotatable bonds is 14. The third kappa shape index (κ3) is 9.39. The number of hydrogen-bond acceptors (Lipinski definition) is 6. The third-order valence-corrected chi connectivity index (χ3v) is 5.90. The van der Waals surface area contributed by atoms with Gasteiger partial charge in [0.05, 0.1) is 13.7 Å². The SMILES string of the molecule is COc1ccc(C[C@H](NC(=O)[CH]C(N)=O)C(=O)N(CC(=O)C(=O)NCc2ccccc2)Cc2ccccc2)cc1. The Hall–Kier alpha value is -4.99. The molecule has 3 aromatic carbocycles. The second-order valence-electron chi connectivity index (χ2n) is 8.93. The molecule has 1 atom stereocenters. The molecule has 0 aliphatic rings. The van der Waals surface area contributed by atoms with Crippen LogP contribution in [0.3, 0.4) is 0 Å². The van der Waals surface area contributed by atoms with Gasteiger partial charge in [-0.3, -0.25) is 24.0 Å². The van der Waals surface area contributed by atoms with Crippen molar-refractivity contribution < 1.29 is 28.7 Å². The summed E-state index contributed by atoms with van der Waals surface area (Å²) in [4.78, 5) is 64.2. The number of ketones is 1. The number of carbonyl (C=O) groups excluding carboxylic acids is 5. The van der Waals surface area contributed by atoms with E-state index in [4.69, 9.17) is 10.5 Å². The van der Waals surface area contributed by atoms with E-state index in [1.54, 1.807) is 48.5 Å². The number of carbonyl (C=O) groups is 5. The van der Waals surface area contributed by atoms with Crippen molar-refractivity contribution in [3.63, 3.8) is 0 Å². The monoisotopic (exact) mass is 543 g/mol. The lowest BCUT2D eigenvalue weighted by molar-refractivity contribution is -0.143. The molecule has 0 heterocycles. The highest BCUT2D eigenvalue weighted by Crippen LogP contribution is 2.15. The summed E-state index contributed by atoms with van der Waals surface area (Å²) in [5.74, 6) is -3.50. The van der Waals surface area contributed by atoms with Crippen LogP contribution in [0.5, 0.6) is 5.75 Å². The van der Waals surface area contributed by atoms with E-state index in [2.05, 4.69) is 10.6 Å². The number of methoxy groups -OCH3 is 1. The van der Waals surface area contributed by atoms with Gasteiger partial charge in [0.2, 0.25) is 23.5 Å². The Kier molecular flexibility index (Phi) is 11.0. The Morgan fingerprint density at radius 3 is 2.02 bits per heavy atom. The molecule has 10 heteroatoms. The largest absolute Gasteiger partial charge is 0.497 e. The Labute approximate surface area is 232 Å². The first-order valence-electron chi connectivity index (χ1n) is 12.5. The van der Waals surface area contributed by atoms with Crippen LogP contribution in [0.4, 0.5) is 0 Å². The molecule has 0 aliphatic carbocycles. The fourth-order valence-corrected chi connectivity index (χ4v) is 3.90. The van der Waals surface area contributed by atoms with Crippen LogP contribution in [-0.4, -0.2) is 54.0 Å². The van der Waals surface area contributed by atoms with Crippen molar-refractivity contribution in [2.45, 2.75) is 25.6 Å². The van der Waals surface area contributed by atoms with Crippen LogP contribution >= 0.6 is 0 Å². The van der Waals surface area contributed by atoms with E-state index in [1.165, 1.54) is 12.0 Å². The minimum atomic E-state index is -1.17. The molecule has 40 heavy (non-hydrogen) atoms. The molecule has 0 spiro atoms. The minimum Gasteiger partial charge on any atom is -0.497 e. The van der Waals surface area contributed by atoms with Gasteiger partial charge >= 0.3 is 0 Å². The number of nitrogens with zero attached hydrogens (tertiary/aromatic N) is 1. The molecule has 0 bridgehead atoms. The first-order valence-corrected chi connectivity index (χ1v) is 12.5. The Morgan fingerprint density at radius 1 is 0.850 bits per heavy atom. The van der Waals surface area contributed by atoms with E-state index in [9.17, 15) is 24.0 Å². The number of nitrogens with one attached hydrogen (secondary N) is 2. The number of Topliss-reactive ketones (excluding diaryl/α,β-unsaturated/α-hetero) is 1. The van der Waals surface area contributed by atoms with E-state index in [0.29, 0.717) is 23.3 Å². The predicted octanol–water partition coefficient (Wildman–Crippen LogP) is 1.33. The van der Waals surface area contributed by atoms with Crippen LogP contribution < -0.4 is 21.1 Å². The normalized spacial score (nSPS) is 11.1. The van der Waals surface area contributed by atoms with Crippen LogP contribution in [0.1, 0.15) is 16.7 Å². The van der Waals surface area contributed by atoms with Gasteiger partial charge in [0, 0.05) is 19.5 Å². The average molecular weight is 544 g/mol. The van der Waals surface area contributed by atoms with Gasteiger partial charge in [-0.1, -0.05) is 72.8 Å². The molecule has 0 aliphatic heterocycles. The van der Waals surface area contributed by atoms with Crippen LogP contribution in [0, 0.1) is 6.42 Å². The molecular formula is C30H31N4O6. The minimum absolute atomic E-state index is 0.00585. The fraction of sp³-hybridized carbons (Fsp3) is 0.200. The quantitative estimate of drug-likeness (QED) is 0.206. The van der Waals surface area contributed by atoms with Gasteiger partial charge in [0.1, 0.15) is 18.2 Å². The van der Waals surface area contributed by atoms with Crippen LogP contribution in [0.15, 0.2) is 84.9 Å². The molecule has 0 unspecified atom stereocenters. The van der Waals surface area contributed by atoms with Gasteiger partial charge < -0.3 is 26.0 Å². The topological polar surface area (TPSA) is 148 Å². The van der Waals surface area contributed by atoms with Crippen LogP contribution in [0.2, 0.25) is 0 Å². The van der Waals surface area contributed by atoms with E-state index in [-0.39, 0.29) is 19.5 Å². The molecular weight excluding hydrogens is 512 g/mol. The summed E-state index contributed by atoms with van der Waals surface area (Å²) in [5.41, 5.74) is 7.32. The molecule has 0 saturated heterocycles. The molecule has 10 nitrogen and oxygen atoms in total. The molecule has 0 fully saturated rings. The van der Waals surface area contributed by atoms with Crippen LogP contribution in [0.25, 0.3) is 0 Å².